The second-order valence-electron chi connectivity index (χ2n) is 5.49. The van der Waals surface area contributed by atoms with E-state index in [9.17, 15) is 18.0 Å². The number of carbonyl (C=O) groups excluding carboxylic acids is 1. The van der Waals surface area contributed by atoms with Gasteiger partial charge >= 0.3 is 6.18 Å². The Morgan fingerprint density at radius 1 is 1.26 bits per heavy atom. The van der Waals surface area contributed by atoms with Gasteiger partial charge in [0.1, 0.15) is 23.7 Å². The number of hydrogen-bond donors (Lipinski definition) is 2. The molecule has 10 heteroatoms. The fraction of sp³-hybridized carbons (Fsp3) is 0.235. The van der Waals surface area contributed by atoms with Crippen molar-refractivity contribution in [1.29, 1.82) is 0 Å². The van der Waals surface area contributed by atoms with E-state index in [-0.39, 0.29) is 18.0 Å². The SMILES string of the molecule is COCCOc1cc2n[nH]cc2cc1NC(=O)c1cccc(C(F)(F)F)n1. The molecule has 0 saturated carbocycles. The molecule has 27 heavy (non-hydrogen) atoms. The summed E-state index contributed by atoms with van der Waals surface area (Å²) in [4.78, 5) is 15.8. The highest BCUT2D eigenvalue weighted by atomic mass is 19.4. The summed E-state index contributed by atoms with van der Waals surface area (Å²) in [6.45, 7) is 0.540. The van der Waals surface area contributed by atoms with Crippen molar-refractivity contribution in [3.8, 4) is 5.75 Å². The normalized spacial score (nSPS) is 11.6. The van der Waals surface area contributed by atoms with Crippen LogP contribution in [0.25, 0.3) is 10.9 Å². The standard InChI is InChI=1S/C17H15F3N4O3/c1-26-5-6-27-14-8-12-10(9-21-24-12)7-13(14)23-16(25)11-3-2-4-15(22-11)17(18,19)20/h2-4,7-9H,5-6H2,1H3,(H,21,24)(H,23,25). The highest BCUT2D eigenvalue weighted by Crippen LogP contribution is 2.31. The van der Waals surface area contributed by atoms with Gasteiger partial charge in [-0.1, -0.05) is 6.07 Å². The number of carbonyl (C=O) groups is 1. The number of nitrogens with zero attached hydrogens (tertiary/aromatic N) is 2. The number of nitrogens with one attached hydrogen (secondary N) is 2. The Morgan fingerprint density at radius 3 is 2.81 bits per heavy atom. The number of methoxy groups -OCH3 is 1. The first-order valence-corrected chi connectivity index (χ1v) is 7.83. The molecule has 0 bridgehead atoms. The molecule has 0 saturated heterocycles. The van der Waals surface area contributed by atoms with Crippen molar-refractivity contribution in [3.05, 3.63) is 47.9 Å². The van der Waals surface area contributed by atoms with Gasteiger partial charge in [0.05, 0.1) is 17.8 Å². The number of amides is 1. The Labute approximate surface area is 151 Å². The van der Waals surface area contributed by atoms with E-state index in [1.807, 2.05) is 0 Å². The van der Waals surface area contributed by atoms with Gasteiger partial charge in [0.25, 0.3) is 5.91 Å². The summed E-state index contributed by atoms with van der Waals surface area (Å²) in [6, 6.07) is 6.34. The summed E-state index contributed by atoms with van der Waals surface area (Å²) in [6.07, 6.45) is -3.02. The van der Waals surface area contributed by atoms with E-state index in [1.54, 1.807) is 18.3 Å². The van der Waals surface area contributed by atoms with Gasteiger partial charge in [-0.3, -0.25) is 9.89 Å². The molecule has 7 nitrogen and oxygen atoms in total. The highest BCUT2D eigenvalue weighted by molar-refractivity contribution is 6.05. The van der Waals surface area contributed by atoms with Crippen LogP contribution < -0.4 is 10.1 Å². The molecule has 1 aromatic carbocycles. The zero-order valence-corrected chi connectivity index (χ0v) is 14.1. The average molecular weight is 380 g/mol. The van der Waals surface area contributed by atoms with Gasteiger partial charge in [0, 0.05) is 24.8 Å². The Balaban J connectivity index is 1.88. The molecule has 0 atom stereocenters. The molecule has 2 heterocycles. The number of aromatic nitrogens is 3. The summed E-state index contributed by atoms with van der Waals surface area (Å²) in [5.41, 5.74) is -0.612. The Hall–Kier alpha value is -3.14. The number of H-pyrrole nitrogens is 1. The molecule has 0 aliphatic carbocycles. The molecular formula is C17H15F3N4O3. The predicted octanol–water partition coefficient (Wildman–Crippen LogP) is 3.25. The van der Waals surface area contributed by atoms with Crippen LogP contribution in [0.5, 0.6) is 5.75 Å². The maximum Gasteiger partial charge on any atom is 0.433 e. The number of rotatable bonds is 6. The summed E-state index contributed by atoms with van der Waals surface area (Å²) in [7, 11) is 1.52. The second kappa shape index (κ2) is 7.62. The third-order valence-electron chi connectivity index (χ3n) is 3.60. The molecule has 0 spiro atoms. The van der Waals surface area contributed by atoms with E-state index in [0.29, 0.717) is 23.3 Å². The van der Waals surface area contributed by atoms with Gasteiger partial charge in [-0.05, 0) is 18.2 Å². The van der Waals surface area contributed by atoms with Gasteiger partial charge < -0.3 is 14.8 Å². The lowest BCUT2D eigenvalue weighted by Gasteiger charge is -2.13. The number of halogens is 3. The van der Waals surface area contributed by atoms with Crippen LogP contribution in [0, 0.1) is 0 Å². The Kier molecular flexibility index (Phi) is 5.26. The van der Waals surface area contributed by atoms with Crippen molar-refractivity contribution in [2.75, 3.05) is 25.6 Å². The largest absolute Gasteiger partial charge is 0.489 e. The van der Waals surface area contributed by atoms with Crippen LogP contribution in [0.4, 0.5) is 18.9 Å². The summed E-state index contributed by atoms with van der Waals surface area (Å²) in [5, 5.41) is 9.96. The second-order valence-corrected chi connectivity index (χ2v) is 5.49. The first-order chi connectivity index (χ1) is 12.9. The number of anilines is 1. The highest BCUT2D eigenvalue weighted by Gasteiger charge is 2.33. The zero-order valence-electron chi connectivity index (χ0n) is 14.1. The van der Waals surface area contributed by atoms with E-state index >= 15 is 0 Å². The molecule has 0 radical (unpaired) electrons. The minimum absolute atomic E-state index is 0.219. The van der Waals surface area contributed by atoms with Crippen LogP contribution in [0.3, 0.4) is 0 Å². The van der Waals surface area contributed by atoms with Crippen LogP contribution >= 0.6 is 0 Å². The number of aromatic amines is 1. The van der Waals surface area contributed by atoms with E-state index in [2.05, 4.69) is 20.5 Å². The molecule has 3 rings (SSSR count). The Morgan fingerprint density at radius 2 is 2.07 bits per heavy atom. The van der Waals surface area contributed by atoms with Crippen molar-refractivity contribution in [2.45, 2.75) is 6.18 Å². The summed E-state index contributed by atoms with van der Waals surface area (Å²) < 4.78 is 48.9. The third-order valence-corrected chi connectivity index (χ3v) is 3.60. The fourth-order valence-corrected chi connectivity index (χ4v) is 2.33. The zero-order chi connectivity index (χ0) is 19.4. The number of benzene rings is 1. The molecule has 1 amide bonds. The molecule has 0 fully saturated rings. The third kappa shape index (κ3) is 4.34. The lowest BCUT2D eigenvalue weighted by atomic mass is 10.2. The van der Waals surface area contributed by atoms with Crippen molar-refractivity contribution in [3.63, 3.8) is 0 Å². The average Bonchev–Trinajstić information content (AvgIpc) is 3.08. The van der Waals surface area contributed by atoms with Crippen LogP contribution in [-0.4, -0.2) is 41.4 Å². The molecule has 142 valence electrons. The molecular weight excluding hydrogens is 365 g/mol. The van der Waals surface area contributed by atoms with Crippen LogP contribution in [0.2, 0.25) is 0 Å². The lowest BCUT2D eigenvalue weighted by molar-refractivity contribution is -0.141. The van der Waals surface area contributed by atoms with Crippen LogP contribution in [0.15, 0.2) is 36.5 Å². The van der Waals surface area contributed by atoms with Crippen molar-refractivity contribution in [2.24, 2.45) is 0 Å². The monoisotopic (exact) mass is 380 g/mol. The first-order valence-electron chi connectivity index (χ1n) is 7.83. The maximum absolute atomic E-state index is 12.8. The quantitative estimate of drug-likeness (QED) is 0.641. The molecule has 3 aromatic rings. The number of hydrogen-bond acceptors (Lipinski definition) is 5. The summed E-state index contributed by atoms with van der Waals surface area (Å²) >= 11 is 0. The van der Waals surface area contributed by atoms with Gasteiger partial charge in [0.2, 0.25) is 0 Å². The lowest BCUT2D eigenvalue weighted by Crippen LogP contribution is -2.17. The van der Waals surface area contributed by atoms with E-state index in [0.717, 1.165) is 12.1 Å². The van der Waals surface area contributed by atoms with E-state index in [1.165, 1.54) is 13.2 Å². The van der Waals surface area contributed by atoms with Crippen LogP contribution in [0.1, 0.15) is 16.2 Å². The van der Waals surface area contributed by atoms with Gasteiger partial charge in [-0.25, -0.2) is 4.98 Å². The Bertz CT molecular complexity index is 956. The molecule has 2 N–H and O–H groups in total. The minimum atomic E-state index is -4.64. The number of ether oxygens (including phenoxy) is 2. The molecule has 0 aliphatic heterocycles. The van der Waals surface area contributed by atoms with E-state index < -0.39 is 17.8 Å². The van der Waals surface area contributed by atoms with E-state index in [4.69, 9.17) is 9.47 Å². The van der Waals surface area contributed by atoms with Crippen molar-refractivity contribution >= 4 is 22.5 Å². The van der Waals surface area contributed by atoms with Gasteiger partial charge in [0.15, 0.2) is 0 Å². The van der Waals surface area contributed by atoms with Crippen molar-refractivity contribution in [1.82, 2.24) is 15.2 Å². The molecule has 0 unspecified atom stereocenters. The topological polar surface area (TPSA) is 89.1 Å². The number of pyridine rings is 1. The van der Waals surface area contributed by atoms with Gasteiger partial charge in [-0.2, -0.15) is 18.3 Å². The van der Waals surface area contributed by atoms with Crippen molar-refractivity contribution < 1.29 is 27.4 Å². The molecule has 2 aromatic heterocycles. The maximum atomic E-state index is 12.8. The predicted molar refractivity (Wildman–Crippen MR) is 90.7 cm³/mol. The number of fused-ring (bicyclic) bond motifs is 1. The van der Waals surface area contributed by atoms with Crippen LogP contribution in [-0.2, 0) is 10.9 Å². The molecule has 0 aliphatic rings. The fourth-order valence-electron chi connectivity index (χ4n) is 2.33. The first kappa shape index (κ1) is 18.6. The number of alkyl halides is 3. The smallest absolute Gasteiger partial charge is 0.433 e. The minimum Gasteiger partial charge on any atom is -0.489 e. The summed E-state index contributed by atoms with van der Waals surface area (Å²) in [5.74, 6) is -0.479. The van der Waals surface area contributed by atoms with Gasteiger partial charge in [-0.15, -0.1) is 0 Å².